The van der Waals surface area contributed by atoms with E-state index in [2.05, 4.69) is 29.8 Å². The van der Waals surface area contributed by atoms with E-state index in [1.165, 1.54) is 0 Å². The van der Waals surface area contributed by atoms with E-state index in [9.17, 15) is 35.1 Å². The Kier molecular flexibility index (Phi) is 13.7. The molecule has 10 N–H and O–H groups in total. The Balaban J connectivity index is 1.28. The predicted molar refractivity (Wildman–Crippen MR) is 230 cm³/mol. The number of piperidine rings is 2. The molecule has 9 fully saturated rings. The van der Waals surface area contributed by atoms with Crippen molar-refractivity contribution in [2.24, 2.45) is 88.6 Å². The lowest BCUT2D eigenvalue weighted by Gasteiger charge is -2.64. The lowest BCUT2D eigenvalue weighted by Crippen LogP contribution is -2.72. The number of hydrogen-bond acceptors (Lipinski definition) is 14. The summed E-state index contributed by atoms with van der Waals surface area (Å²) in [5.74, 6) is -1.79. The number of allylic oxidation sites excluding steroid dienone is 1. The molecule has 9 aliphatic rings. The number of esters is 1. The van der Waals surface area contributed by atoms with Crippen LogP contribution in [0.3, 0.4) is 0 Å². The summed E-state index contributed by atoms with van der Waals surface area (Å²) in [4.78, 5) is 28.6. The first-order chi connectivity index (χ1) is 29.9. The molecule has 9 rings (SSSR count). The van der Waals surface area contributed by atoms with Crippen molar-refractivity contribution in [1.82, 2.24) is 16.0 Å². The molecule has 0 aromatic heterocycles. The number of rotatable bonds is 7. The minimum absolute atomic E-state index is 0.0114. The number of nitrogens with one attached hydrogen (secondary N) is 3. The summed E-state index contributed by atoms with van der Waals surface area (Å²) in [5.41, 5.74) is 6.59. The Morgan fingerprint density at radius 1 is 0.871 bits per heavy atom. The first kappa shape index (κ1) is 45.6. The SMILES string of the molecule is CC=C(CO)C(=O)OC1CC2C(O)C3C(=O)CC(CO)OC3C3C2OC1(C)C1CC2CNC(NCC)CC2CCC1C1CCC2CCC(O)CC2C(CO)C3C2CCNC(N)C12. The molecule has 23 unspecified atom stereocenters. The molecule has 4 saturated carbocycles. The zero-order valence-electron chi connectivity index (χ0n) is 37.4. The third kappa shape index (κ3) is 7.88. The number of carbonyl (C=O) groups excluding carboxylic acids is 2. The fourth-order valence-corrected chi connectivity index (χ4v) is 16.4. The van der Waals surface area contributed by atoms with E-state index in [1.807, 2.05) is 0 Å². The highest BCUT2D eigenvalue weighted by Crippen LogP contribution is 2.63. The molecule has 0 aromatic rings. The van der Waals surface area contributed by atoms with Crippen molar-refractivity contribution in [2.45, 2.75) is 152 Å². The van der Waals surface area contributed by atoms with Gasteiger partial charge in [-0.15, -0.1) is 0 Å². The van der Waals surface area contributed by atoms with Gasteiger partial charge in [-0.1, -0.05) is 13.0 Å². The van der Waals surface area contributed by atoms with Crippen LogP contribution in [-0.4, -0.2) is 131 Å². The maximum absolute atomic E-state index is 14.5. The first-order valence-electron chi connectivity index (χ1n) is 24.8. The van der Waals surface area contributed by atoms with E-state index >= 15 is 0 Å². The number of nitrogens with two attached hydrogens (primary N) is 1. The normalized spacial score (nSPS) is 51.7. The number of aliphatic hydroxyl groups is 5. The highest BCUT2D eigenvalue weighted by molar-refractivity contribution is 5.88. The number of hydrogen-bond donors (Lipinski definition) is 9. The van der Waals surface area contributed by atoms with Gasteiger partial charge in [0.15, 0.2) is 0 Å². The molecule has 0 spiro atoms. The first-order valence-corrected chi connectivity index (χ1v) is 24.8. The monoisotopic (exact) mass is 871 g/mol. The second kappa shape index (κ2) is 18.6. The zero-order chi connectivity index (χ0) is 43.6. The molecule has 350 valence electrons. The summed E-state index contributed by atoms with van der Waals surface area (Å²) in [6.45, 7) is 7.57. The highest BCUT2D eigenvalue weighted by Gasteiger charge is 2.68. The van der Waals surface area contributed by atoms with Crippen molar-refractivity contribution in [1.29, 1.82) is 0 Å². The van der Waals surface area contributed by atoms with Crippen LogP contribution in [0.25, 0.3) is 0 Å². The molecular weight excluding hydrogens is 793 g/mol. The quantitative estimate of drug-likeness (QED) is 0.132. The smallest absolute Gasteiger partial charge is 0.336 e. The van der Waals surface area contributed by atoms with Crippen LogP contribution < -0.4 is 21.7 Å². The van der Waals surface area contributed by atoms with Crippen molar-refractivity contribution in [3.8, 4) is 0 Å². The van der Waals surface area contributed by atoms with Gasteiger partial charge >= 0.3 is 5.97 Å². The van der Waals surface area contributed by atoms with Crippen LogP contribution >= 0.6 is 0 Å². The minimum Gasteiger partial charge on any atom is -0.456 e. The summed E-state index contributed by atoms with van der Waals surface area (Å²) in [6.07, 6.45) is 6.06. The fraction of sp³-hybridized carbons (Fsp3) is 0.917. The van der Waals surface area contributed by atoms with Crippen LogP contribution in [0.2, 0.25) is 0 Å². The number of ketones is 1. The second-order valence-electron chi connectivity index (χ2n) is 21.6. The molecular formula is C48H78N4O10. The van der Waals surface area contributed by atoms with E-state index in [4.69, 9.17) is 19.9 Å². The molecule has 0 radical (unpaired) electrons. The maximum atomic E-state index is 14.5. The molecule has 5 heterocycles. The number of fused-ring (bicyclic) bond motifs is 9. The Morgan fingerprint density at radius 2 is 1.65 bits per heavy atom. The van der Waals surface area contributed by atoms with Crippen molar-refractivity contribution < 1.29 is 49.3 Å². The van der Waals surface area contributed by atoms with E-state index in [1.54, 1.807) is 13.0 Å². The van der Waals surface area contributed by atoms with Crippen molar-refractivity contribution in [3.05, 3.63) is 11.6 Å². The topological polar surface area (TPSA) is 225 Å². The Hall–Kier alpha value is -1.56. The van der Waals surface area contributed by atoms with Crippen LogP contribution in [0.5, 0.6) is 0 Å². The molecule has 5 saturated heterocycles. The lowest BCUT2D eigenvalue weighted by atomic mass is 9.49. The Bertz CT molecular complexity index is 1640. The molecule has 0 aromatic carbocycles. The number of ether oxygens (including phenoxy) is 3. The Labute approximate surface area is 368 Å². The van der Waals surface area contributed by atoms with Gasteiger partial charge in [-0.2, -0.15) is 0 Å². The van der Waals surface area contributed by atoms with Gasteiger partial charge in [-0.05, 0) is 169 Å². The van der Waals surface area contributed by atoms with Crippen LogP contribution in [-0.2, 0) is 23.8 Å². The van der Waals surface area contributed by atoms with Crippen LogP contribution in [0, 0.1) is 82.9 Å². The van der Waals surface area contributed by atoms with Gasteiger partial charge in [-0.3, -0.25) is 4.79 Å². The molecule has 5 aliphatic heterocycles. The third-order valence-corrected chi connectivity index (χ3v) is 19.1. The summed E-state index contributed by atoms with van der Waals surface area (Å²) in [7, 11) is 0. The van der Waals surface area contributed by atoms with E-state index < -0.39 is 72.6 Å². The maximum Gasteiger partial charge on any atom is 0.336 e. The van der Waals surface area contributed by atoms with E-state index in [-0.39, 0.29) is 103 Å². The van der Waals surface area contributed by atoms with E-state index in [0.717, 1.165) is 70.9 Å². The number of Topliss-reactive ketones (excluding diaryl/α,β-unsaturated/α-hetero) is 1. The molecule has 4 aliphatic carbocycles. The summed E-state index contributed by atoms with van der Waals surface area (Å²) >= 11 is 0. The van der Waals surface area contributed by atoms with Crippen LogP contribution in [0.15, 0.2) is 11.6 Å². The predicted octanol–water partition coefficient (Wildman–Crippen LogP) is 1.84. The highest BCUT2D eigenvalue weighted by atomic mass is 16.6. The summed E-state index contributed by atoms with van der Waals surface area (Å²) in [5, 5.41) is 68.1. The van der Waals surface area contributed by atoms with Gasteiger partial charge in [0.25, 0.3) is 0 Å². The minimum atomic E-state index is -1.16. The van der Waals surface area contributed by atoms with Gasteiger partial charge in [0.05, 0.1) is 67.6 Å². The number of carbonyl (C=O) groups is 2. The Morgan fingerprint density at radius 3 is 2.39 bits per heavy atom. The van der Waals surface area contributed by atoms with Gasteiger partial charge in [0, 0.05) is 24.9 Å². The van der Waals surface area contributed by atoms with Crippen molar-refractivity contribution in [3.63, 3.8) is 0 Å². The van der Waals surface area contributed by atoms with Gasteiger partial charge in [0.2, 0.25) is 0 Å². The number of aliphatic hydroxyl groups excluding tert-OH is 5. The van der Waals surface area contributed by atoms with Gasteiger partial charge in [-0.25, -0.2) is 4.79 Å². The van der Waals surface area contributed by atoms with E-state index in [0.29, 0.717) is 24.8 Å². The standard InChI is InChI=1S/C48H78N4O10/c1-4-23(20-53)47(59)61-37-18-33-43(58)41-36(57)17-28(21-54)60-45(41)42-39-31-12-13-51-46(49)40(31)30(11-7-24-6-9-27(56)16-32(24)34(39)22-55)29-10-8-25-15-38(50-5-2)52-19-26(25)14-35(29)48(37,3)62-44(33)42/h4,24-35,37-46,50-56,58H,5-22,49H2,1-3H3. The zero-order valence-corrected chi connectivity index (χ0v) is 37.4. The summed E-state index contributed by atoms with van der Waals surface area (Å²) < 4.78 is 21.5. The molecule has 4 bridgehead atoms. The molecule has 14 heteroatoms. The van der Waals surface area contributed by atoms with Crippen molar-refractivity contribution in [2.75, 3.05) is 39.5 Å². The third-order valence-electron chi connectivity index (χ3n) is 19.1. The average molecular weight is 871 g/mol. The van der Waals surface area contributed by atoms with Crippen LogP contribution in [0.4, 0.5) is 0 Å². The second-order valence-corrected chi connectivity index (χ2v) is 21.6. The molecule has 62 heavy (non-hydrogen) atoms. The molecule has 14 nitrogen and oxygen atoms in total. The fourth-order valence-electron chi connectivity index (χ4n) is 16.4. The van der Waals surface area contributed by atoms with Crippen LogP contribution in [0.1, 0.15) is 97.8 Å². The largest absolute Gasteiger partial charge is 0.456 e. The average Bonchev–Trinajstić information content (AvgIpc) is 3.42. The van der Waals surface area contributed by atoms with Gasteiger partial charge in [0.1, 0.15) is 17.5 Å². The summed E-state index contributed by atoms with van der Waals surface area (Å²) in [6, 6.07) is 0. The van der Waals surface area contributed by atoms with Crippen molar-refractivity contribution >= 4 is 11.8 Å². The lowest BCUT2D eigenvalue weighted by molar-refractivity contribution is -0.315. The molecule has 0 amide bonds. The molecule has 23 atom stereocenters. The van der Waals surface area contributed by atoms with Gasteiger partial charge < -0.3 is 61.4 Å².